The van der Waals surface area contributed by atoms with Crippen molar-refractivity contribution < 1.29 is 4.79 Å². The molecule has 0 unspecified atom stereocenters. The highest BCUT2D eigenvalue weighted by atomic mass is 16.1. The summed E-state index contributed by atoms with van der Waals surface area (Å²) in [6.07, 6.45) is 6.95. The number of hydrogen-bond acceptors (Lipinski definition) is 3. The highest BCUT2D eigenvalue weighted by Crippen LogP contribution is 2.11. The number of rotatable bonds is 7. The molecule has 0 saturated heterocycles. The molecule has 0 radical (unpaired) electrons. The lowest BCUT2D eigenvalue weighted by Gasteiger charge is -2.14. The summed E-state index contributed by atoms with van der Waals surface area (Å²) in [4.78, 5) is 14.3. The molecule has 1 heterocycles. The van der Waals surface area contributed by atoms with E-state index in [1.807, 2.05) is 68.8 Å². The molecule has 1 aromatic heterocycles. The second kappa shape index (κ2) is 8.96. The number of hydrogen-bond donors (Lipinski definition) is 1. The van der Waals surface area contributed by atoms with E-state index in [4.69, 9.17) is 0 Å². The largest absolute Gasteiger partial charge is 0.348 e. The first kappa shape index (κ1) is 18.6. The first-order valence-corrected chi connectivity index (χ1v) is 8.89. The lowest BCUT2D eigenvalue weighted by Crippen LogP contribution is -2.22. The van der Waals surface area contributed by atoms with Crippen molar-refractivity contribution in [2.75, 3.05) is 14.1 Å². The van der Waals surface area contributed by atoms with Crippen molar-refractivity contribution in [1.29, 1.82) is 0 Å². The standard InChI is InChI=1S/C22H24N4O/c1-25(2)17-20-9-7-6-8-19(20)15-23-22(27)13-12-18-14-24-26(16-18)21-10-4-3-5-11-21/h3-14,16H,15,17H2,1-2H3,(H,23,27)/b13-12+. The molecule has 0 fully saturated rings. The van der Waals surface area contributed by atoms with Crippen LogP contribution in [0.15, 0.2) is 73.1 Å². The minimum absolute atomic E-state index is 0.123. The summed E-state index contributed by atoms with van der Waals surface area (Å²) in [6, 6.07) is 18.0. The van der Waals surface area contributed by atoms with E-state index in [1.165, 1.54) is 5.56 Å². The van der Waals surface area contributed by atoms with Crippen molar-refractivity contribution in [3.8, 4) is 5.69 Å². The molecule has 0 atom stereocenters. The van der Waals surface area contributed by atoms with Crippen LogP contribution in [0.2, 0.25) is 0 Å². The molecule has 0 aliphatic heterocycles. The topological polar surface area (TPSA) is 50.2 Å². The lowest BCUT2D eigenvalue weighted by atomic mass is 10.1. The number of amides is 1. The molecule has 5 heteroatoms. The normalized spacial score (nSPS) is 11.2. The van der Waals surface area contributed by atoms with Crippen molar-refractivity contribution in [2.45, 2.75) is 13.1 Å². The van der Waals surface area contributed by atoms with Crippen molar-refractivity contribution in [3.63, 3.8) is 0 Å². The smallest absolute Gasteiger partial charge is 0.244 e. The Balaban J connectivity index is 1.58. The molecule has 5 nitrogen and oxygen atoms in total. The molecular weight excluding hydrogens is 336 g/mol. The number of carbonyl (C=O) groups excluding carboxylic acids is 1. The van der Waals surface area contributed by atoms with Gasteiger partial charge in [0.15, 0.2) is 0 Å². The van der Waals surface area contributed by atoms with E-state index in [1.54, 1.807) is 23.0 Å². The monoisotopic (exact) mass is 360 g/mol. The number of para-hydroxylation sites is 1. The van der Waals surface area contributed by atoms with Gasteiger partial charge in [0, 0.05) is 30.9 Å². The molecule has 138 valence electrons. The molecule has 0 aliphatic carbocycles. The van der Waals surface area contributed by atoms with Gasteiger partial charge in [-0.3, -0.25) is 4.79 Å². The van der Waals surface area contributed by atoms with E-state index in [2.05, 4.69) is 21.4 Å². The Morgan fingerprint density at radius 3 is 2.52 bits per heavy atom. The van der Waals surface area contributed by atoms with Gasteiger partial charge in [0.2, 0.25) is 5.91 Å². The number of carbonyl (C=O) groups is 1. The Kier molecular flexibility index (Phi) is 6.18. The first-order valence-electron chi connectivity index (χ1n) is 8.89. The van der Waals surface area contributed by atoms with Gasteiger partial charge in [0.1, 0.15) is 0 Å². The Bertz CT molecular complexity index is 913. The zero-order chi connectivity index (χ0) is 19.1. The third-order valence-corrected chi connectivity index (χ3v) is 4.11. The quantitative estimate of drug-likeness (QED) is 0.658. The van der Waals surface area contributed by atoms with Gasteiger partial charge in [-0.25, -0.2) is 4.68 Å². The van der Waals surface area contributed by atoms with Crippen molar-refractivity contribution in [3.05, 3.63) is 89.8 Å². The Hall–Kier alpha value is -3.18. The Morgan fingerprint density at radius 1 is 1.07 bits per heavy atom. The summed E-state index contributed by atoms with van der Waals surface area (Å²) in [6.45, 7) is 1.36. The summed E-state index contributed by atoms with van der Waals surface area (Å²) in [5.74, 6) is -0.123. The predicted molar refractivity (Wildman–Crippen MR) is 108 cm³/mol. The number of nitrogens with one attached hydrogen (secondary N) is 1. The maximum absolute atomic E-state index is 12.2. The van der Waals surface area contributed by atoms with Crippen LogP contribution >= 0.6 is 0 Å². The van der Waals surface area contributed by atoms with E-state index >= 15 is 0 Å². The zero-order valence-corrected chi connectivity index (χ0v) is 15.7. The summed E-state index contributed by atoms with van der Waals surface area (Å²) in [7, 11) is 4.07. The molecule has 0 bridgehead atoms. The fraction of sp³-hybridized carbons (Fsp3) is 0.182. The van der Waals surface area contributed by atoms with Gasteiger partial charge < -0.3 is 10.2 Å². The van der Waals surface area contributed by atoms with E-state index in [0.29, 0.717) is 6.54 Å². The average molecular weight is 360 g/mol. The van der Waals surface area contributed by atoms with Crippen LogP contribution in [0.5, 0.6) is 0 Å². The van der Waals surface area contributed by atoms with Crippen LogP contribution in [0, 0.1) is 0 Å². The van der Waals surface area contributed by atoms with E-state index in [-0.39, 0.29) is 5.91 Å². The summed E-state index contributed by atoms with van der Waals surface area (Å²) >= 11 is 0. The molecule has 2 aromatic carbocycles. The molecule has 3 aromatic rings. The average Bonchev–Trinajstić information content (AvgIpc) is 3.15. The van der Waals surface area contributed by atoms with Gasteiger partial charge in [-0.1, -0.05) is 42.5 Å². The molecular formula is C22H24N4O. The van der Waals surface area contributed by atoms with Crippen LogP contribution in [0.1, 0.15) is 16.7 Å². The molecule has 0 saturated carbocycles. The van der Waals surface area contributed by atoms with Crippen molar-refractivity contribution in [1.82, 2.24) is 20.0 Å². The van der Waals surface area contributed by atoms with E-state index < -0.39 is 0 Å². The van der Waals surface area contributed by atoms with Gasteiger partial charge in [0.25, 0.3) is 0 Å². The molecule has 27 heavy (non-hydrogen) atoms. The minimum Gasteiger partial charge on any atom is -0.348 e. The van der Waals surface area contributed by atoms with Crippen LogP contribution in [0.3, 0.4) is 0 Å². The van der Waals surface area contributed by atoms with E-state index in [0.717, 1.165) is 23.4 Å². The third-order valence-electron chi connectivity index (χ3n) is 4.11. The van der Waals surface area contributed by atoms with Gasteiger partial charge >= 0.3 is 0 Å². The van der Waals surface area contributed by atoms with Crippen LogP contribution in [-0.4, -0.2) is 34.7 Å². The fourth-order valence-electron chi connectivity index (χ4n) is 2.78. The first-order chi connectivity index (χ1) is 13.1. The van der Waals surface area contributed by atoms with Crippen LogP contribution in [-0.2, 0) is 17.9 Å². The maximum Gasteiger partial charge on any atom is 0.244 e. The summed E-state index contributed by atoms with van der Waals surface area (Å²) in [5.41, 5.74) is 4.21. The predicted octanol–water partition coefficient (Wildman–Crippen LogP) is 3.26. The fourth-order valence-corrected chi connectivity index (χ4v) is 2.78. The van der Waals surface area contributed by atoms with Crippen LogP contribution in [0.25, 0.3) is 11.8 Å². The number of benzene rings is 2. The highest BCUT2D eigenvalue weighted by molar-refractivity contribution is 5.91. The second-order valence-corrected chi connectivity index (χ2v) is 6.61. The minimum atomic E-state index is -0.123. The second-order valence-electron chi connectivity index (χ2n) is 6.61. The zero-order valence-electron chi connectivity index (χ0n) is 15.7. The molecule has 0 aliphatic rings. The Labute approximate surface area is 159 Å². The summed E-state index contributed by atoms with van der Waals surface area (Å²) < 4.78 is 1.79. The maximum atomic E-state index is 12.2. The van der Waals surface area contributed by atoms with Crippen LogP contribution < -0.4 is 5.32 Å². The van der Waals surface area contributed by atoms with Crippen molar-refractivity contribution in [2.24, 2.45) is 0 Å². The lowest BCUT2D eigenvalue weighted by molar-refractivity contribution is -0.116. The highest BCUT2D eigenvalue weighted by Gasteiger charge is 2.04. The Morgan fingerprint density at radius 2 is 1.78 bits per heavy atom. The van der Waals surface area contributed by atoms with Gasteiger partial charge in [0.05, 0.1) is 11.9 Å². The summed E-state index contributed by atoms with van der Waals surface area (Å²) in [5, 5.41) is 7.28. The van der Waals surface area contributed by atoms with Gasteiger partial charge in [-0.05, 0) is 43.4 Å². The van der Waals surface area contributed by atoms with Crippen molar-refractivity contribution >= 4 is 12.0 Å². The van der Waals surface area contributed by atoms with E-state index in [9.17, 15) is 4.79 Å². The van der Waals surface area contributed by atoms with Gasteiger partial charge in [-0.15, -0.1) is 0 Å². The SMILES string of the molecule is CN(C)Cc1ccccc1CNC(=O)/C=C/c1cnn(-c2ccccc2)c1. The number of nitrogens with zero attached hydrogens (tertiary/aromatic N) is 3. The molecule has 0 spiro atoms. The molecule has 1 amide bonds. The molecule has 3 rings (SSSR count). The third kappa shape index (κ3) is 5.39. The number of aromatic nitrogens is 2. The van der Waals surface area contributed by atoms with Gasteiger partial charge in [-0.2, -0.15) is 5.10 Å². The van der Waals surface area contributed by atoms with Crippen LogP contribution in [0.4, 0.5) is 0 Å². The molecule has 1 N–H and O–H groups in total.